The average Bonchev–Trinajstić information content (AvgIpc) is 2.90. The number of benzene rings is 2. The summed E-state index contributed by atoms with van der Waals surface area (Å²) in [6.07, 6.45) is 0. The Hall–Kier alpha value is -1.13. The molecule has 1 unspecified atom stereocenters. The molecular weight excluding hydrogens is 334 g/mol. The molecule has 1 heterocycles. The van der Waals surface area contributed by atoms with Crippen LogP contribution in [0.3, 0.4) is 0 Å². The standard InChI is InChI=1S/C16H16BrNOS/c1-19-12-6-7-14(17)15(8-12)18-9-11-10-20-16-5-3-2-4-13(11)16/h2-8,11,18H,9-10H2,1H3. The maximum atomic E-state index is 5.27. The molecule has 2 aromatic carbocycles. The van der Waals surface area contributed by atoms with Gasteiger partial charge in [-0.2, -0.15) is 0 Å². The number of rotatable bonds is 4. The van der Waals surface area contributed by atoms with Crippen molar-refractivity contribution in [3.05, 3.63) is 52.5 Å². The van der Waals surface area contributed by atoms with Crippen LogP contribution in [0.25, 0.3) is 0 Å². The topological polar surface area (TPSA) is 21.3 Å². The molecule has 104 valence electrons. The van der Waals surface area contributed by atoms with Crippen molar-refractivity contribution in [1.29, 1.82) is 0 Å². The zero-order chi connectivity index (χ0) is 13.9. The van der Waals surface area contributed by atoms with Crippen LogP contribution < -0.4 is 10.1 Å². The van der Waals surface area contributed by atoms with Gasteiger partial charge in [-0.25, -0.2) is 0 Å². The van der Waals surface area contributed by atoms with Crippen molar-refractivity contribution in [2.75, 3.05) is 24.7 Å². The van der Waals surface area contributed by atoms with Crippen LogP contribution in [0.4, 0.5) is 5.69 Å². The molecule has 0 amide bonds. The third-order valence-corrected chi connectivity index (χ3v) is 5.45. The molecule has 1 atom stereocenters. The first-order chi connectivity index (χ1) is 9.78. The summed E-state index contributed by atoms with van der Waals surface area (Å²) in [5.74, 6) is 2.58. The summed E-state index contributed by atoms with van der Waals surface area (Å²) in [6.45, 7) is 0.940. The number of anilines is 1. The Morgan fingerprint density at radius 1 is 1.30 bits per heavy atom. The van der Waals surface area contributed by atoms with Crippen molar-refractivity contribution in [1.82, 2.24) is 0 Å². The van der Waals surface area contributed by atoms with Crippen molar-refractivity contribution in [2.45, 2.75) is 10.8 Å². The Labute approximate surface area is 132 Å². The number of halogens is 1. The molecule has 2 nitrogen and oxygen atoms in total. The maximum Gasteiger partial charge on any atom is 0.121 e. The summed E-state index contributed by atoms with van der Waals surface area (Å²) in [4.78, 5) is 1.42. The van der Waals surface area contributed by atoms with E-state index < -0.39 is 0 Å². The number of nitrogens with one attached hydrogen (secondary N) is 1. The molecule has 0 fully saturated rings. The van der Waals surface area contributed by atoms with Gasteiger partial charge in [0.2, 0.25) is 0 Å². The van der Waals surface area contributed by atoms with E-state index in [2.05, 4.69) is 45.5 Å². The van der Waals surface area contributed by atoms with Gasteiger partial charge in [0.25, 0.3) is 0 Å². The molecule has 0 saturated carbocycles. The van der Waals surface area contributed by atoms with Crippen LogP contribution in [-0.2, 0) is 0 Å². The van der Waals surface area contributed by atoms with Crippen molar-refractivity contribution in [3.63, 3.8) is 0 Å². The second-order valence-corrected chi connectivity index (χ2v) is 6.69. The summed E-state index contributed by atoms with van der Waals surface area (Å²) < 4.78 is 6.34. The zero-order valence-corrected chi connectivity index (χ0v) is 13.6. The van der Waals surface area contributed by atoms with Crippen molar-refractivity contribution < 1.29 is 4.74 Å². The molecule has 1 N–H and O–H groups in total. The second-order valence-electron chi connectivity index (χ2n) is 4.77. The van der Waals surface area contributed by atoms with E-state index in [4.69, 9.17) is 4.74 Å². The smallest absolute Gasteiger partial charge is 0.121 e. The number of methoxy groups -OCH3 is 1. The molecule has 0 saturated heterocycles. The van der Waals surface area contributed by atoms with E-state index in [1.165, 1.54) is 10.5 Å². The van der Waals surface area contributed by atoms with Gasteiger partial charge in [-0.05, 0) is 39.7 Å². The monoisotopic (exact) mass is 349 g/mol. The Bertz CT molecular complexity index is 617. The van der Waals surface area contributed by atoms with E-state index in [9.17, 15) is 0 Å². The molecule has 0 radical (unpaired) electrons. The van der Waals surface area contributed by atoms with Crippen LogP contribution in [-0.4, -0.2) is 19.4 Å². The molecule has 0 aromatic heterocycles. The molecule has 20 heavy (non-hydrogen) atoms. The first kappa shape index (κ1) is 13.8. The predicted octanol–water partition coefficient (Wildman–Crippen LogP) is 4.76. The van der Waals surface area contributed by atoms with Gasteiger partial charge in [-0.15, -0.1) is 11.8 Å². The highest BCUT2D eigenvalue weighted by molar-refractivity contribution is 9.10. The van der Waals surface area contributed by atoms with Crippen molar-refractivity contribution in [2.24, 2.45) is 0 Å². The Morgan fingerprint density at radius 2 is 2.15 bits per heavy atom. The number of thioether (sulfide) groups is 1. The first-order valence-electron chi connectivity index (χ1n) is 6.57. The SMILES string of the molecule is COc1ccc(Br)c(NCC2CSc3ccccc32)c1. The van der Waals surface area contributed by atoms with Gasteiger partial charge in [0, 0.05) is 33.7 Å². The third-order valence-electron chi connectivity index (χ3n) is 3.51. The lowest BCUT2D eigenvalue weighted by molar-refractivity contribution is 0.415. The van der Waals surface area contributed by atoms with Gasteiger partial charge in [-0.3, -0.25) is 0 Å². The van der Waals surface area contributed by atoms with E-state index in [1.54, 1.807) is 7.11 Å². The van der Waals surface area contributed by atoms with Crippen molar-refractivity contribution in [3.8, 4) is 5.75 Å². The third kappa shape index (κ3) is 2.81. The fourth-order valence-electron chi connectivity index (χ4n) is 2.40. The predicted molar refractivity (Wildman–Crippen MR) is 89.1 cm³/mol. The van der Waals surface area contributed by atoms with E-state index >= 15 is 0 Å². The lowest BCUT2D eigenvalue weighted by Gasteiger charge is -2.15. The lowest BCUT2D eigenvalue weighted by atomic mass is 10.0. The molecule has 1 aliphatic heterocycles. The number of ether oxygens (including phenoxy) is 1. The fourth-order valence-corrected chi connectivity index (χ4v) is 4.04. The molecule has 0 bridgehead atoms. The minimum absolute atomic E-state index is 0.564. The van der Waals surface area contributed by atoms with Gasteiger partial charge in [0.1, 0.15) is 5.75 Å². The van der Waals surface area contributed by atoms with Crippen molar-refractivity contribution >= 4 is 33.4 Å². The van der Waals surface area contributed by atoms with Crippen LogP contribution in [0.2, 0.25) is 0 Å². The Balaban J connectivity index is 1.72. The van der Waals surface area contributed by atoms with Crippen LogP contribution in [0.15, 0.2) is 51.8 Å². The highest BCUT2D eigenvalue weighted by Gasteiger charge is 2.22. The van der Waals surface area contributed by atoms with E-state index in [0.717, 1.165) is 28.2 Å². The summed E-state index contributed by atoms with van der Waals surface area (Å²) >= 11 is 5.52. The van der Waals surface area contributed by atoms with Gasteiger partial charge >= 0.3 is 0 Å². The fraction of sp³-hybridized carbons (Fsp3) is 0.250. The average molecular weight is 350 g/mol. The van der Waals surface area contributed by atoms with Crippen LogP contribution in [0.1, 0.15) is 11.5 Å². The van der Waals surface area contributed by atoms with Crippen LogP contribution in [0, 0.1) is 0 Å². The van der Waals surface area contributed by atoms with Crippen LogP contribution in [0.5, 0.6) is 5.75 Å². The van der Waals surface area contributed by atoms with E-state index in [-0.39, 0.29) is 0 Å². The molecule has 2 aromatic rings. The number of fused-ring (bicyclic) bond motifs is 1. The van der Waals surface area contributed by atoms with Gasteiger partial charge < -0.3 is 10.1 Å². The van der Waals surface area contributed by atoms with E-state index in [0.29, 0.717) is 5.92 Å². The van der Waals surface area contributed by atoms with Gasteiger partial charge in [0.05, 0.1) is 12.8 Å². The van der Waals surface area contributed by atoms with Crippen LogP contribution >= 0.6 is 27.7 Å². The highest BCUT2D eigenvalue weighted by atomic mass is 79.9. The molecule has 3 rings (SSSR count). The Kier molecular flexibility index (Phi) is 4.22. The normalized spacial score (nSPS) is 16.8. The zero-order valence-electron chi connectivity index (χ0n) is 11.2. The lowest BCUT2D eigenvalue weighted by Crippen LogP contribution is -2.12. The highest BCUT2D eigenvalue weighted by Crippen LogP contribution is 2.39. The molecule has 0 aliphatic carbocycles. The second kappa shape index (κ2) is 6.10. The number of hydrogen-bond acceptors (Lipinski definition) is 3. The summed E-state index contributed by atoms with van der Waals surface area (Å²) in [5.41, 5.74) is 2.54. The molecule has 1 aliphatic rings. The molecule has 4 heteroatoms. The summed E-state index contributed by atoms with van der Waals surface area (Å²) in [5, 5.41) is 3.53. The molecule has 0 spiro atoms. The first-order valence-corrected chi connectivity index (χ1v) is 8.35. The largest absolute Gasteiger partial charge is 0.497 e. The van der Waals surface area contributed by atoms with Gasteiger partial charge in [-0.1, -0.05) is 18.2 Å². The molecular formula is C16H16BrNOS. The maximum absolute atomic E-state index is 5.27. The minimum Gasteiger partial charge on any atom is -0.497 e. The van der Waals surface area contributed by atoms with Gasteiger partial charge in [0.15, 0.2) is 0 Å². The minimum atomic E-state index is 0.564. The summed E-state index contributed by atoms with van der Waals surface area (Å²) in [7, 11) is 1.69. The summed E-state index contributed by atoms with van der Waals surface area (Å²) in [6, 6.07) is 14.7. The number of hydrogen-bond donors (Lipinski definition) is 1. The Morgan fingerprint density at radius 3 is 3.00 bits per heavy atom. The quantitative estimate of drug-likeness (QED) is 0.859. The van der Waals surface area contributed by atoms with E-state index in [1.807, 2.05) is 30.0 Å².